The van der Waals surface area contributed by atoms with E-state index in [9.17, 15) is 4.79 Å². The second-order valence-corrected chi connectivity index (χ2v) is 5.83. The van der Waals surface area contributed by atoms with Crippen LogP contribution in [0.25, 0.3) is 0 Å². The van der Waals surface area contributed by atoms with Gasteiger partial charge in [-0.3, -0.25) is 9.69 Å². The van der Waals surface area contributed by atoms with Gasteiger partial charge in [0.15, 0.2) is 0 Å². The number of carbonyl (C=O) groups excluding carboxylic acids is 1. The van der Waals surface area contributed by atoms with Gasteiger partial charge in [0.25, 0.3) is 0 Å². The number of hydrogen-bond donors (Lipinski definition) is 2. The van der Waals surface area contributed by atoms with Crippen molar-refractivity contribution in [3.63, 3.8) is 0 Å². The number of nitrogens with zero attached hydrogens (tertiary/aromatic N) is 2. The predicted molar refractivity (Wildman–Crippen MR) is 72.3 cm³/mol. The average Bonchev–Trinajstić information content (AvgIpc) is 3.09. The lowest BCUT2D eigenvalue weighted by atomic mass is 10.1. The molecule has 0 aromatic rings. The van der Waals surface area contributed by atoms with Gasteiger partial charge in [0.1, 0.15) is 0 Å². The standard InChI is InChI=1S/C13H26N4O/c1-10-9-16(2)7-8-17(10)6-5-12(13(14)18)15-11-3-4-11/h10-12,15H,3-9H2,1-2H3,(H2,14,18). The van der Waals surface area contributed by atoms with E-state index >= 15 is 0 Å². The van der Waals surface area contributed by atoms with E-state index in [1.807, 2.05) is 0 Å². The summed E-state index contributed by atoms with van der Waals surface area (Å²) in [6, 6.07) is 0.954. The minimum Gasteiger partial charge on any atom is -0.368 e. The zero-order valence-electron chi connectivity index (χ0n) is 11.6. The molecule has 2 fully saturated rings. The summed E-state index contributed by atoms with van der Waals surface area (Å²) in [7, 11) is 2.16. The number of hydrogen-bond acceptors (Lipinski definition) is 4. The number of amides is 1. The maximum atomic E-state index is 11.4. The van der Waals surface area contributed by atoms with Gasteiger partial charge in [-0.1, -0.05) is 0 Å². The fourth-order valence-corrected chi connectivity index (χ4v) is 2.65. The van der Waals surface area contributed by atoms with Gasteiger partial charge in [-0.05, 0) is 33.2 Å². The first-order valence-corrected chi connectivity index (χ1v) is 7.04. The summed E-state index contributed by atoms with van der Waals surface area (Å²) in [6.45, 7) is 6.52. The van der Waals surface area contributed by atoms with Crippen LogP contribution < -0.4 is 11.1 Å². The molecule has 1 aliphatic carbocycles. The van der Waals surface area contributed by atoms with Crippen LogP contribution in [0.15, 0.2) is 0 Å². The molecule has 1 amide bonds. The molecule has 1 aliphatic heterocycles. The molecule has 0 aromatic heterocycles. The smallest absolute Gasteiger partial charge is 0.234 e. The first-order chi connectivity index (χ1) is 8.56. The van der Waals surface area contributed by atoms with Crippen molar-refractivity contribution in [1.29, 1.82) is 0 Å². The van der Waals surface area contributed by atoms with Crippen LogP contribution in [-0.2, 0) is 4.79 Å². The van der Waals surface area contributed by atoms with Gasteiger partial charge >= 0.3 is 0 Å². The number of carbonyl (C=O) groups is 1. The molecule has 0 aromatic carbocycles. The van der Waals surface area contributed by atoms with Crippen LogP contribution >= 0.6 is 0 Å². The van der Waals surface area contributed by atoms with Crippen LogP contribution in [-0.4, -0.2) is 67.1 Å². The van der Waals surface area contributed by atoms with Crippen LogP contribution in [0.4, 0.5) is 0 Å². The minimum atomic E-state index is -0.205. The molecule has 0 spiro atoms. The average molecular weight is 254 g/mol. The Morgan fingerprint density at radius 1 is 1.44 bits per heavy atom. The fourth-order valence-electron chi connectivity index (χ4n) is 2.65. The zero-order chi connectivity index (χ0) is 13.1. The van der Waals surface area contributed by atoms with Gasteiger partial charge in [-0.15, -0.1) is 0 Å². The Morgan fingerprint density at radius 3 is 2.72 bits per heavy atom. The Balaban J connectivity index is 1.75. The van der Waals surface area contributed by atoms with E-state index in [1.165, 1.54) is 12.8 Å². The highest BCUT2D eigenvalue weighted by atomic mass is 16.1. The molecule has 5 heteroatoms. The third-order valence-corrected chi connectivity index (χ3v) is 4.03. The summed E-state index contributed by atoms with van der Waals surface area (Å²) in [5.41, 5.74) is 5.46. The van der Waals surface area contributed by atoms with Crippen molar-refractivity contribution in [3.8, 4) is 0 Å². The highest BCUT2D eigenvalue weighted by molar-refractivity contribution is 5.79. The van der Waals surface area contributed by atoms with Gasteiger partial charge in [0.05, 0.1) is 6.04 Å². The molecule has 5 nitrogen and oxygen atoms in total. The quantitative estimate of drug-likeness (QED) is 0.678. The first kappa shape index (κ1) is 13.8. The molecule has 104 valence electrons. The molecule has 2 aliphatic rings. The monoisotopic (exact) mass is 254 g/mol. The van der Waals surface area contributed by atoms with Crippen molar-refractivity contribution in [1.82, 2.24) is 15.1 Å². The van der Waals surface area contributed by atoms with Crippen LogP contribution in [0.1, 0.15) is 26.2 Å². The number of piperazine rings is 1. The van der Waals surface area contributed by atoms with Crippen LogP contribution in [0.2, 0.25) is 0 Å². The number of rotatable bonds is 6. The third-order valence-electron chi connectivity index (χ3n) is 4.03. The van der Waals surface area contributed by atoms with Crippen molar-refractivity contribution >= 4 is 5.91 Å². The maximum Gasteiger partial charge on any atom is 0.234 e. The fraction of sp³-hybridized carbons (Fsp3) is 0.923. The van der Waals surface area contributed by atoms with E-state index in [0.717, 1.165) is 32.6 Å². The highest BCUT2D eigenvalue weighted by Gasteiger charge is 2.28. The van der Waals surface area contributed by atoms with E-state index in [4.69, 9.17) is 5.73 Å². The summed E-state index contributed by atoms with van der Waals surface area (Å²) < 4.78 is 0. The highest BCUT2D eigenvalue weighted by Crippen LogP contribution is 2.20. The lowest BCUT2D eigenvalue weighted by molar-refractivity contribution is -0.120. The summed E-state index contributed by atoms with van der Waals surface area (Å²) in [5, 5.41) is 3.34. The largest absolute Gasteiger partial charge is 0.368 e. The molecule has 18 heavy (non-hydrogen) atoms. The molecule has 1 saturated heterocycles. The second-order valence-electron chi connectivity index (χ2n) is 5.83. The summed E-state index contributed by atoms with van der Waals surface area (Å²) in [5.74, 6) is -0.205. The Morgan fingerprint density at radius 2 is 2.17 bits per heavy atom. The first-order valence-electron chi connectivity index (χ1n) is 7.04. The van der Waals surface area contributed by atoms with Crippen molar-refractivity contribution in [2.75, 3.05) is 33.2 Å². The molecule has 2 atom stereocenters. The van der Waals surface area contributed by atoms with E-state index in [-0.39, 0.29) is 11.9 Å². The molecular formula is C13H26N4O. The predicted octanol–water partition coefficient (Wildman–Crippen LogP) is -0.382. The Kier molecular flexibility index (Phi) is 4.59. The minimum absolute atomic E-state index is 0.149. The van der Waals surface area contributed by atoms with E-state index in [1.54, 1.807) is 0 Å². The molecule has 2 unspecified atom stereocenters. The van der Waals surface area contributed by atoms with Gasteiger partial charge in [-0.2, -0.15) is 0 Å². The Bertz CT molecular complexity index is 293. The summed E-state index contributed by atoms with van der Waals surface area (Å²) in [4.78, 5) is 16.2. The number of likely N-dealkylation sites (N-methyl/N-ethyl adjacent to an activating group) is 1. The summed E-state index contributed by atoms with van der Waals surface area (Å²) >= 11 is 0. The Hall–Kier alpha value is -0.650. The molecule has 3 N–H and O–H groups in total. The van der Waals surface area contributed by atoms with Crippen LogP contribution in [0.5, 0.6) is 0 Å². The Labute approximate surface area is 110 Å². The van der Waals surface area contributed by atoms with E-state index < -0.39 is 0 Å². The number of nitrogens with two attached hydrogens (primary N) is 1. The van der Waals surface area contributed by atoms with Crippen LogP contribution in [0.3, 0.4) is 0 Å². The van der Waals surface area contributed by atoms with Crippen LogP contribution in [0, 0.1) is 0 Å². The molecule has 2 rings (SSSR count). The topological polar surface area (TPSA) is 61.6 Å². The third kappa shape index (κ3) is 3.93. The normalized spacial score (nSPS) is 28.2. The molecule has 1 saturated carbocycles. The summed E-state index contributed by atoms with van der Waals surface area (Å²) in [6.07, 6.45) is 3.21. The van der Waals surface area contributed by atoms with Crippen molar-refractivity contribution < 1.29 is 4.79 Å². The van der Waals surface area contributed by atoms with E-state index in [2.05, 4.69) is 29.1 Å². The molecule has 1 heterocycles. The number of nitrogens with one attached hydrogen (secondary N) is 1. The van der Waals surface area contributed by atoms with E-state index in [0.29, 0.717) is 12.1 Å². The van der Waals surface area contributed by atoms with Gasteiger partial charge in [-0.25, -0.2) is 0 Å². The van der Waals surface area contributed by atoms with Crippen molar-refractivity contribution in [2.45, 2.75) is 44.3 Å². The molecule has 0 radical (unpaired) electrons. The SMILES string of the molecule is CC1CN(C)CCN1CCC(NC1CC1)C(N)=O. The van der Waals surface area contributed by atoms with Gasteiger partial charge < -0.3 is 16.0 Å². The lowest BCUT2D eigenvalue weighted by Crippen LogP contribution is -2.52. The van der Waals surface area contributed by atoms with Crippen molar-refractivity contribution in [3.05, 3.63) is 0 Å². The van der Waals surface area contributed by atoms with Gasteiger partial charge in [0.2, 0.25) is 5.91 Å². The van der Waals surface area contributed by atoms with Crippen molar-refractivity contribution in [2.24, 2.45) is 5.73 Å². The maximum absolute atomic E-state index is 11.4. The number of primary amides is 1. The van der Waals surface area contributed by atoms with Gasteiger partial charge in [0, 0.05) is 38.3 Å². The molecular weight excluding hydrogens is 228 g/mol. The molecule has 0 bridgehead atoms. The zero-order valence-corrected chi connectivity index (χ0v) is 11.6. The second kappa shape index (κ2) is 5.99. The lowest BCUT2D eigenvalue weighted by Gasteiger charge is -2.38.